The van der Waals surface area contributed by atoms with Gasteiger partial charge in [-0.25, -0.2) is 0 Å². The van der Waals surface area contributed by atoms with Gasteiger partial charge in [-0.05, 0) is 64.5 Å². The van der Waals surface area contributed by atoms with Gasteiger partial charge >= 0.3 is 0 Å². The summed E-state index contributed by atoms with van der Waals surface area (Å²) >= 11 is 0. The molecule has 0 aliphatic carbocycles. The second-order valence-corrected chi connectivity index (χ2v) is 6.41. The highest BCUT2D eigenvalue weighted by Gasteiger charge is 2.23. The van der Waals surface area contributed by atoms with E-state index in [0.717, 1.165) is 58.3 Å². The van der Waals surface area contributed by atoms with Gasteiger partial charge in [0.1, 0.15) is 6.04 Å². The van der Waals surface area contributed by atoms with Crippen LogP contribution in [0, 0.1) is 5.92 Å². The predicted octanol–water partition coefficient (Wildman–Crippen LogP) is 1.71. The molecule has 1 atom stereocenters. The van der Waals surface area contributed by atoms with Crippen LogP contribution in [0.4, 0.5) is 0 Å². The van der Waals surface area contributed by atoms with Crippen molar-refractivity contribution in [3.05, 3.63) is 0 Å². The summed E-state index contributed by atoms with van der Waals surface area (Å²) in [5.41, 5.74) is 0. The van der Waals surface area contributed by atoms with Gasteiger partial charge in [0.15, 0.2) is 0 Å². The van der Waals surface area contributed by atoms with Crippen molar-refractivity contribution >= 4 is 24.2 Å². The fourth-order valence-corrected chi connectivity index (χ4v) is 3.27. The van der Waals surface area contributed by atoms with Crippen LogP contribution in [0.3, 0.4) is 0 Å². The molecule has 0 radical (unpaired) electrons. The van der Waals surface area contributed by atoms with Crippen molar-refractivity contribution in [3.8, 4) is 0 Å². The van der Waals surface area contributed by atoms with E-state index < -0.39 is 0 Å². The normalized spacial score (nSPS) is 20.9. The zero-order valence-corrected chi connectivity index (χ0v) is 14.4. The zero-order chi connectivity index (χ0) is 15.1. The van der Waals surface area contributed by atoms with Crippen molar-refractivity contribution in [1.29, 1.82) is 0 Å². The van der Waals surface area contributed by atoms with Crippen molar-refractivity contribution < 1.29 is 9.59 Å². The van der Waals surface area contributed by atoms with Crippen molar-refractivity contribution in [2.75, 3.05) is 26.2 Å². The molecule has 2 fully saturated rings. The Hall–Kier alpha value is -0.810. The number of rotatable bonds is 5. The fourth-order valence-electron chi connectivity index (χ4n) is 3.27. The Morgan fingerprint density at radius 3 is 2.45 bits per heavy atom. The maximum atomic E-state index is 12.2. The third-order valence-electron chi connectivity index (χ3n) is 4.65. The Morgan fingerprint density at radius 2 is 1.82 bits per heavy atom. The van der Waals surface area contributed by atoms with Gasteiger partial charge in [0.05, 0.1) is 0 Å². The van der Waals surface area contributed by atoms with E-state index in [1.807, 2.05) is 4.90 Å². The summed E-state index contributed by atoms with van der Waals surface area (Å²) < 4.78 is 0. The van der Waals surface area contributed by atoms with Crippen LogP contribution in [0.2, 0.25) is 0 Å². The van der Waals surface area contributed by atoms with Gasteiger partial charge in [-0.2, -0.15) is 0 Å². The Labute approximate surface area is 140 Å². The molecule has 2 amide bonds. The van der Waals surface area contributed by atoms with Crippen molar-refractivity contribution in [3.63, 3.8) is 0 Å². The summed E-state index contributed by atoms with van der Waals surface area (Å²) in [7, 11) is 0. The molecule has 2 rings (SSSR count). The number of halogens is 1. The summed E-state index contributed by atoms with van der Waals surface area (Å²) in [6.07, 6.45) is 7.19. The minimum absolute atomic E-state index is 0. The number of nitrogens with one attached hydrogen (secondary N) is 2. The van der Waals surface area contributed by atoms with E-state index in [0.29, 0.717) is 12.3 Å². The summed E-state index contributed by atoms with van der Waals surface area (Å²) in [6, 6.07) is -0.386. The third kappa shape index (κ3) is 6.13. The van der Waals surface area contributed by atoms with Crippen LogP contribution in [0.1, 0.15) is 51.9 Å². The van der Waals surface area contributed by atoms with Crippen molar-refractivity contribution in [2.45, 2.75) is 57.9 Å². The lowest BCUT2D eigenvalue weighted by Gasteiger charge is -2.29. The van der Waals surface area contributed by atoms with Crippen LogP contribution in [-0.2, 0) is 9.59 Å². The van der Waals surface area contributed by atoms with E-state index in [1.54, 1.807) is 6.92 Å². The van der Waals surface area contributed by atoms with Crippen LogP contribution in [0.15, 0.2) is 0 Å². The van der Waals surface area contributed by atoms with Crippen LogP contribution >= 0.6 is 12.4 Å². The van der Waals surface area contributed by atoms with E-state index in [9.17, 15) is 9.59 Å². The maximum absolute atomic E-state index is 12.2. The number of carbonyl (C=O) groups is 2. The summed E-state index contributed by atoms with van der Waals surface area (Å²) in [5.74, 6) is 0.751. The molecule has 5 nitrogen and oxygen atoms in total. The minimum atomic E-state index is -0.386. The fraction of sp³-hybridized carbons (Fsp3) is 0.875. The standard InChI is InChI=1S/C16H29N3O2.ClH/c1-13(16(21)19-11-3-2-4-12-19)18-15(20)6-5-14-7-9-17-10-8-14;/h13-14,17H,2-12H2,1H3,(H,18,20);1H/t13-;/m0./s1. The number of amides is 2. The highest BCUT2D eigenvalue weighted by molar-refractivity contribution is 5.87. The smallest absolute Gasteiger partial charge is 0.244 e. The molecule has 2 N–H and O–H groups in total. The highest BCUT2D eigenvalue weighted by Crippen LogP contribution is 2.17. The van der Waals surface area contributed by atoms with Crippen LogP contribution in [0.25, 0.3) is 0 Å². The molecule has 0 aromatic rings. The first-order valence-corrected chi connectivity index (χ1v) is 8.45. The summed E-state index contributed by atoms with van der Waals surface area (Å²) in [6.45, 7) is 5.62. The lowest BCUT2D eigenvalue weighted by atomic mass is 9.93. The van der Waals surface area contributed by atoms with E-state index in [4.69, 9.17) is 0 Å². The SMILES string of the molecule is C[C@H](NC(=O)CCC1CCNCC1)C(=O)N1CCCCC1.Cl. The molecule has 0 spiro atoms. The molecule has 2 aliphatic rings. The molecular formula is C16H30ClN3O2. The molecule has 2 aliphatic heterocycles. The monoisotopic (exact) mass is 331 g/mol. The van der Waals surface area contributed by atoms with Gasteiger partial charge in [0.25, 0.3) is 0 Å². The Bertz CT molecular complexity index is 353. The Morgan fingerprint density at radius 1 is 1.18 bits per heavy atom. The lowest BCUT2D eigenvalue weighted by molar-refractivity contribution is -0.136. The van der Waals surface area contributed by atoms with Crippen LogP contribution in [0.5, 0.6) is 0 Å². The largest absolute Gasteiger partial charge is 0.345 e. The van der Waals surface area contributed by atoms with Gasteiger partial charge in [0.2, 0.25) is 11.8 Å². The van der Waals surface area contributed by atoms with Crippen molar-refractivity contribution in [2.24, 2.45) is 5.92 Å². The average molecular weight is 332 g/mol. The molecule has 6 heteroatoms. The van der Waals surface area contributed by atoms with Gasteiger partial charge in [-0.3, -0.25) is 9.59 Å². The second kappa shape index (κ2) is 10.1. The average Bonchev–Trinajstić information content (AvgIpc) is 2.54. The first-order chi connectivity index (χ1) is 10.2. The van der Waals surface area contributed by atoms with E-state index in [2.05, 4.69) is 10.6 Å². The number of nitrogens with zero attached hydrogens (tertiary/aromatic N) is 1. The Kier molecular flexibility index (Phi) is 8.79. The zero-order valence-electron chi connectivity index (χ0n) is 13.6. The van der Waals surface area contributed by atoms with Gasteiger partial charge in [0, 0.05) is 19.5 Å². The van der Waals surface area contributed by atoms with Gasteiger partial charge in [-0.15, -0.1) is 12.4 Å². The minimum Gasteiger partial charge on any atom is -0.345 e. The molecule has 0 bridgehead atoms. The Balaban J connectivity index is 0.00000242. The van der Waals surface area contributed by atoms with Crippen LogP contribution in [-0.4, -0.2) is 48.9 Å². The number of likely N-dealkylation sites (tertiary alicyclic amines) is 1. The molecule has 2 saturated heterocycles. The first kappa shape index (κ1) is 19.2. The number of piperidine rings is 2. The van der Waals surface area contributed by atoms with Crippen LogP contribution < -0.4 is 10.6 Å². The first-order valence-electron chi connectivity index (χ1n) is 8.45. The van der Waals surface area contributed by atoms with Gasteiger partial charge in [-0.1, -0.05) is 0 Å². The van der Waals surface area contributed by atoms with E-state index >= 15 is 0 Å². The molecule has 0 aromatic heterocycles. The third-order valence-corrected chi connectivity index (χ3v) is 4.65. The molecule has 128 valence electrons. The van der Waals surface area contributed by atoms with E-state index in [1.165, 1.54) is 6.42 Å². The molecule has 0 unspecified atom stereocenters. The highest BCUT2D eigenvalue weighted by atomic mass is 35.5. The summed E-state index contributed by atoms with van der Waals surface area (Å²) in [4.78, 5) is 26.1. The topological polar surface area (TPSA) is 61.4 Å². The molecule has 2 heterocycles. The lowest BCUT2D eigenvalue weighted by Crippen LogP contribution is -2.48. The van der Waals surface area contributed by atoms with Crippen molar-refractivity contribution in [1.82, 2.24) is 15.5 Å². The predicted molar refractivity (Wildman–Crippen MR) is 90.1 cm³/mol. The van der Waals surface area contributed by atoms with E-state index in [-0.39, 0.29) is 30.3 Å². The van der Waals surface area contributed by atoms with Gasteiger partial charge < -0.3 is 15.5 Å². The number of hydrogen-bond acceptors (Lipinski definition) is 3. The molecule has 0 aromatic carbocycles. The molecular weight excluding hydrogens is 302 g/mol. The number of carbonyl (C=O) groups excluding carboxylic acids is 2. The molecule has 22 heavy (non-hydrogen) atoms. The second-order valence-electron chi connectivity index (χ2n) is 6.41. The quantitative estimate of drug-likeness (QED) is 0.806. The number of hydrogen-bond donors (Lipinski definition) is 2. The summed E-state index contributed by atoms with van der Waals surface area (Å²) in [5, 5.41) is 6.21. The maximum Gasteiger partial charge on any atom is 0.244 e. The molecule has 0 saturated carbocycles.